The Bertz CT molecular complexity index is 634. The Kier molecular flexibility index (Phi) is 3.03. The summed E-state index contributed by atoms with van der Waals surface area (Å²) in [6.45, 7) is 2.57. The van der Waals surface area contributed by atoms with E-state index in [0.29, 0.717) is 13.0 Å². The number of hydrogen-bond acceptors (Lipinski definition) is 3. The SMILES string of the molecule is CCOc1cncc(-c2cccc3c2CCC3=O)c1. The third-order valence-corrected chi connectivity index (χ3v) is 3.41. The summed E-state index contributed by atoms with van der Waals surface area (Å²) in [6.07, 6.45) is 4.97. The van der Waals surface area contributed by atoms with E-state index in [0.717, 1.165) is 34.4 Å². The van der Waals surface area contributed by atoms with Crippen LogP contribution in [-0.4, -0.2) is 17.4 Å². The van der Waals surface area contributed by atoms with Crippen molar-refractivity contribution in [1.82, 2.24) is 4.98 Å². The molecule has 3 heteroatoms. The Balaban J connectivity index is 2.08. The first-order valence-electron chi connectivity index (χ1n) is 6.53. The molecule has 0 amide bonds. The normalized spacial score (nSPS) is 13.4. The highest BCUT2D eigenvalue weighted by Gasteiger charge is 2.22. The van der Waals surface area contributed by atoms with Gasteiger partial charge in [0.25, 0.3) is 0 Å². The first-order chi connectivity index (χ1) is 9.29. The van der Waals surface area contributed by atoms with Crippen LogP contribution in [0.3, 0.4) is 0 Å². The third-order valence-electron chi connectivity index (χ3n) is 3.41. The number of hydrogen-bond donors (Lipinski definition) is 0. The van der Waals surface area contributed by atoms with E-state index in [1.807, 2.05) is 37.4 Å². The van der Waals surface area contributed by atoms with Gasteiger partial charge in [0.2, 0.25) is 0 Å². The molecule has 0 bridgehead atoms. The number of aromatic nitrogens is 1. The maximum absolute atomic E-state index is 11.8. The van der Waals surface area contributed by atoms with Crippen LogP contribution in [0.5, 0.6) is 5.75 Å². The summed E-state index contributed by atoms with van der Waals surface area (Å²) >= 11 is 0. The summed E-state index contributed by atoms with van der Waals surface area (Å²) < 4.78 is 5.48. The van der Waals surface area contributed by atoms with Crippen LogP contribution < -0.4 is 4.74 Å². The summed E-state index contributed by atoms with van der Waals surface area (Å²) in [5, 5.41) is 0. The van der Waals surface area contributed by atoms with Gasteiger partial charge in [-0.25, -0.2) is 0 Å². The number of carbonyl (C=O) groups excluding carboxylic acids is 1. The second kappa shape index (κ2) is 4.84. The Morgan fingerprint density at radius 3 is 2.89 bits per heavy atom. The van der Waals surface area contributed by atoms with Crippen LogP contribution in [0.15, 0.2) is 36.7 Å². The maximum atomic E-state index is 11.8. The molecule has 0 saturated carbocycles. The van der Waals surface area contributed by atoms with Gasteiger partial charge in [0, 0.05) is 23.7 Å². The molecule has 1 aromatic heterocycles. The molecule has 96 valence electrons. The highest BCUT2D eigenvalue weighted by atomic mass is 16.5. The minimum Gasteiger partial charge on any atom is -0.492 e. The third kappa shape index (κ3) is 2.12. The molecule has 0 spiro atoms. The first kappa shape index (κ1) is 11.9. The number of benzene rings is 1. The molecule has 0 saturated heterocycles. The fraction of sp³-hybridized carbons (Fsp3) is 0.250. The van der Waals surface area contributed by atoms with Gasteiger partial charge in [-0.2, -0.15) is 0 Å². The van der Waals surface area contributed by atoms with E-state index in [1.54, 1.807) is 6.20 Å². The molecule has 3 nitrogen and oxygen atoms in total. The average molecular weight is 253 g/mol. The number of fused-ring (bicyclic) bond motifs is 1. The first-order valence-corrected chi connectivity index (χ1v) is 6.53. The second-order valence-electron chi connectivity index (χ2n) is 4.60. The number of pyridine rings is 1. The fourth-order valence-electron chi connectivity index (χ4n) is 2.57. The molecule has 0 fully saturated rings. The highest BCUT2D eigenvalue weighted by Crippen LogP contribution is 2.33. The summed E-state index contributed by atoms with van der Waals surface area (Å²) in [4.78, 5) is 16.0. The number of carbonyl (C=O) groups is 1. The van der Waals surface area contributed by atoms with E-state index in [9.17, 15) is 4.79 Å². The lowest BCUT2D eigenvalue weighted by molar-refractivity contribution is 0.0994. The number of rotatable bonds is 3. The number of Topliss-reactive ketones (excluding diaryl/α,β-unsaturated/α-hetero) is 1. The topological polar surface area (TPSA) is 39.2 Å². The maximum Gasteiger partial charge on any atom is 0.163 e. The summed E-state index contributed by atoms with van der Waals surface area (Å²) in [5.41, 5.74) is 4.11. The van der Waals surface area contributed by atoms with Crippen molar-refractivity contribution in [2.24, 2.45) is 0 Å². The average Bonchev–Trinajstić information content (AvgIpc) is 2.81. The molecule has 1 aromatic carbocycles. The van der Waals surface area contributed by atoms with Crippen molar-refractivity contribution in [2.45, 2.75) is 19.8 Å². The lowest BCUT2D eigenvalue weighted by Gasteiger charge is -2.09. The lowest BCUT2D eigenvalue weighted by Crippen LogP contribution is -1.95. The number of nitrogens with zero attached hydrogens (tertiary/aromatic N) is 1. The number of ketones is 1. The molecule has 1 heterocycles. The molecule has 19 heavy (non-hydrogen) atoms. The molecule has 0 aliphatic heterocycles. The van der Waals surface area contributed by atoms with E-state index >= 15 is 0 Å². The van der Waals surface area contributed by atoms with Gasteiger partial charge < -0.3 is 4.74 Å². The summed E-state index contributed by atoms with van der Waals surface area (Å²) in [6, 6.07) is 7.87. The molecule has 1 aliphatic carbocycles. The van der Waals surface area contributed by atoms with E-state index in [4.69, 9.17) is 4.74 Å². The van der Waals surface area contributed by atoms with Crippen molar-refractivity contribution >= 4 is 5.78 Å². The van der Waals surface area contributed by atoms with Crippen LogP contribution in [0.2, 0.25) is 0 Å². The van der Waals surface area contributed by atoms with Gasteiger partial charge in [0.15, 0.2) is 5.78 Å². The highest BCUT2D eigenvalue weighted by molar-refractivity contribution is 6.02. The van der Waals surface area contributed by atoms with Crippen molar-refractivity contribution in [3.8, 4) is 16.9 Å². The molecule has 0 radical (unpaired) electrons. The van der Waals surface area contributed by atoms with Crippen LogP contribution in [0.1, 0.15) is 29.3 Å². The van der Waals surface area contributed by atoms with E-state index < -0.39 is 0 Å². The molecule has 0 atom stereocenters. The van der Waals surface area contributed by atoms with Crippen molar-refractivity contribution in [1.29, 1.82) is 0 Å². The van der Waals surface area contributed by atoms with Crippen molar-refractivity contribution in [3.63, 3.8) is 0 Å². The van der Waals surface area contributed by atoms with E-state index in [1.165, 1.54) is 0 Å². The van der Waals surface area contributed by atoms with Crippen molar-refractivity contribution in [2.75, 3.05) is 6.61 Å². The monoisotopic (exact) mass is 253 g/mol. The van der Waals surface area contributed by atoms with Crippen LogP contribution in [0, 0.1) is 0 Å². The van der Waals surface area contributed by atoms with E-state index in [2.05, 4.69) is 4.98 Å². The molecule has 2 aromatic rings. The number of ether oxygens (including phenoxy) is 1. The molecule has 0 unspecified atom stereocenters. The van der Waals surface area contributed by atoms with Gasteiger partial charge in [0.1, 0.15) is 5.75 Å². The molecule has 3 rings (SSSR count). The molecular formula is C16H15NO2. The van der Waals surface area contributed by atoms with E-state index in [-0.39, 0.29) is 5.78 Å². The lowest BCUT2D eigenvalue weighted by atomic mass is 9.98. The molecule has 1 aliphatic rings. The minimum absolute atomic E-state index is 0.241. The molecular weight excluding hydrogens is 238 g/mol. The minimum atomic E-state index is 0.241. The van der Waals surface area contributed by atoms with Crippen LogP contribution in [0.25, 0.3) is 11.1 Å². The van der Waals surface area contributed by atoms with Gasteiger partial charge in [-0.1, -0.05) is 18.2 Å². The van der Waals surface area contributed by atoms with Gasteiger partial charge in [-0.05, 0) is 30.5 Å². The predicted molar refractivity (Wildman–Crippen MR) is 73.5 cm³/mol. The van der Waals surface area contributed by atoms with Gasteiger partial charge in [-0.15, -0.1) is 0 Å². The zero-order valence-electron chi connectivity index (χ0n) is 10.8. The quantitative estimate of drug-likeness (QED) is 0.842. The van der Waals surface area contributed by atoms with Crippen molar-refractivity contribution in [3.05, 3.63) is 47.8 Å². The summed E-state index contributed by atoms with van der Waals surface area (Å²) in [5.74, 6) is 1.01. The standard InChI is InChI=1S/C16H15NO2/c1-2-19-12-8-11(9-17-10-12)13-4-3-5-15-14(13)6-7-16(15)18/h3-5,8-10H,2,6-7H2,1H3. The van der Waals surface area contributed by atoms with Crippen molar-refractivity contribution < 1.29 is 9.53 Å². The van der Waals surface area contributed by atoms with Crippen LogP contribution >= 0.6 is 0 Å². The Morgan fingerprint density at radius 2 is 2.05 bits per heavy atom. The summed E-state index contributed by atoms with van der Waals surface area (Å²) in [7, 11) is 0. The van der Waals surface area contributed by atoms with Gasteiger partial charge in [-0.3, -0.25) is 9.78 Å². The second-order valence-corrected chi connectivity index (χ2v) is 4.60. The zero-order chi connectivity index (χ0) is 13.2. The van der Waals surface area contributed by atoms with Crippen LogP contribution in [0.4, 0.5) is 0 Å². The predicted octanol–water partition coefficient (Wildman–Crippen LogP) is 3.28. The zero-order valence-corrected chi connectivity index (χ0v) is 10.8. The molecule has 0 N–H and O–H groups in total. The van der Waals surface area contributed by atoms with Gasteiger partial charge >= 0.3 is 0 Å². The Hall–Kier alpha value is -2.16. The fourth-order valence-corrected chi connectivity index (χ4v) is 2.57. The van der Waals surface area contributed by atoms with Gasteiger partial charge in [0.05, 0.1) is 12.8 Å². The smallest absolute Gasteiger partial charge is 0.163 e. The van der Waals surface area contributed by atoms with Crippen LogP contribution in [-0.2, 0) is 6.42 Å². The Labute approximate surface area is 112 Å². The Morgan fingerprint density at radius 1 is 1.21 bits per heavy atom. The largest absolute Gasteiger partial charge is 0.492 e.